The molecule has 0 heterocycles. The second kappa shape index (κ2) is 4.13. The first-order valence-corrected chi connectivity index (χ1v) is 3.16. The summed E-state index contributed by atoms with van der Waals surface area (Å²) in [6.45, 7) is 11.7. The summed E-state index contributed by atoms with van der Waals surface area (Å²) >= 11 is 0. The third-order valence-corrected chi connectivity index (χ3v) is 1.19. The van der Waals surface area contributed by atoms with Gasteiger partial charge in [0.15, 0.2) is 0 Å². The van der Waals surface area contributed by atoms with Crippen molar-refractivity contribution in [3.63, 3.8) is 0 Å². The zero-order chi connectivity index (χ0) is 7.28. The van der Waals surface area contributed by atoms with Crippen LogP contribution in [0, 0.1) is 5.92 Å². The molecular weight excluding hydrogens is 108 g/mol. The van der Waals surface area contributed by atoms with Crippen molar-refractivity contribution in [2.24, 2.45) is 5.92 Å². The molecule has 0 N–H and O–H groups in total. The zero-order valence-electron chi connectivity index (χ0n) is 6.22. The molecule has 0 aliphatic carbocycles. The smallest absolute Gasteiger partial charge is 0.0225 e. The van der Waals surface area contributed by atoms with Crippen LogP contribution < -0.4 is 0 Å². The molecule has 0 fully saturated rings. The van der Waals surface area contributed by atoms with Crippen LogP contribution in [-0.4, -0.2) is 0 Å². The van der Waals surface area contributed by atoms with Gasteiger partial charge < -0.3 is 0 Å². The van der Waals surface area contributed by atoms with Crippen molar-refractivity contribution in [3.8, 4) is 0 Å². The van der Waals surface area contributed by atoms with Crippen LogP contribution in [0.4, 0.5) is 0 Å². The van der Waals surface area contributed by atoms with Crippen LogP contribution in [0.3, 0.4) is 0 Å². The number of hydrogen-bond acceptors (Lipinski definition) is 0. The lowest BCUT2D eigenvalue weighted by molar-refractivity contribution is 0.795. The molecule has 9 heavy (non-hydrogen) atoms. The molecular formula is C9H14. The largest absolute Gasteiger partial charge is 0.0991 e. The highest BCUT2D eigenvalue weighted by atomic mass is 14.0. The van der Waals surface area contributed by atoms with E-state index >= 15 is 0 Å². The van der Waals surface area contributed by atoms with Crippen molar-refractivity contribution < 1.29 is 0 Å². The Morgan fingerprint density at radius 1 is 1.44 bits per heavy atom. The Balaban J connectivity index is 3.76. The number of allylic oxidation sites excluding steroid dienone is 4. The van der Waals surface area contributed by atoms with Gasteiger partial charge in [-0.25, -0.2) is 0 Å². The van der Waals surface area contributed by atoms with Crippen molar-refractivity contribution in [1.29, 1.82) is 0 Å². The Kier molecular flexibility index (Phi) is 3.78. The lowest BCUT2D eigenvalue weighted by Crippen LogP contribution is -1.86. The van der Waals surface area contributed by atoms with E-state index in [9.17, 15) is 0 Å². The van der Waals surface area contributed by atoms with Gasteiger partial charge in [-0.05, 0) is 5.92 Å². The fourth-order valence-corrected chi connectivity index (χ4v) is 0.384. The summed E-state index contributed by atoms with van der Waals surface area (Å²) in [6.07, 6.45) is 5.65. The summed E-state index contributed by atoms with van der Waals surface area (Å²) in [6, 6.07) is 0. The Morgan fingerprint density at radius 3 is 2.33 bits per heavy atom. The molecule has 0 saturated carbocycles. The van der Waals surface area contributed by atoms with Gasteiger partial charge in [-0.2, -0.15) is 0 Å². The van der Waals surface area contributed by atoms with Crippen LogP contribution in [-0.2, 0) is 0 Å². The molecule has 0 aliphatic heterocycles. The Bertz CT molecular complexity index is 127. The van der Waals surface area contributed by atoms with Gasteiger partial charge in [-0.3, -0.25) is 0 Å². The SMILES string of the molecule is C=C/C=C\C(=C)C(C)C. The van der Waals surface area contributed by atoms with Crippen molar-refractivity contribution >= 4 is 0 Å². The molecule has 0 spiro atoms. The predicted molar refractivity (Wildman–Crippen MR) is 43.3 cm³/mol. The highest BCUT2D eigenvalue weighted by Gasteiger charge is 1.91. The van der Waals surface area contributed by atoms with E-state index in [1.165, 1.54) is 0 Å². The van der Waals surface area contributed by atoms with Gasteiger partial charge in [-0.15, -0.1) is 0 Å². The average molecular weight is 122 g/mol. The maximum absolute atomic E-state index is 3.86. The third kappa shape index (κ3) is 3.77. The minimum atomic E-state index is 0.543. The first kappa shape index (κ1) is 8.22. The Morgan fingerprint density at radius 2 is 2.00 bits per heavy atom. The van der Waals surface area contributed by atoms with Gasteiger partial charge in [0.2, 0.25) is 0 Å². The van der Waals surface area contributed by atoms with Gasteiger partial charge in [-0.1, -0.05) is 50.8 Å². The minimum absolute atomic E-state index is 0.543. The summed E-state index contributed by atoms with van der Waals surface area (Å²) in [7, 11) is 0. The highest BCUT2D eigenvalue weighted by molar-refractivity contribution is 5.19. The van der Waals surface area contributed by atoms with Crippen LogP contribution in [0.15, 0.2) is 37.0 Å². The maximum atomic E-state index is 3.86. The summed E-state index contributed by atoms with van der Waals surface area (Å²) in [5, 5.41) is 0. The molecule has 0 bridgehead atoms. The van der Waals surface area contributed by atoms with E-state index in [1.54, 1.807) is 6.08 Å². The summed E-state index contributed by atoms with van der Waals surface area (Å²) in [5.74, 6) is 0.543. The molecule has 0 unspecified atom stereocenters. The zero-order valence-corrected chi connectivity index (χ0v) is 6.22. The second-order valence-electron chi connectivity index (χ2n) is 2.32. The third-order valence-electron chi connectivity index (χ3n) is 1.19. The van der Waals surface area contributed by atoms with Crippen molar-refractivity contribution in [2.75, 3.05) is 0 Å². The fraction of sp³-hybridized carbons (Fsp3) is 0.333. The quantitative estimate of drug-likeness (QED) is 0.505. The molecule has 0 amide bonds. The van der Waals surface area contributed by atoms with Crippen molar-refractivity contribution in [1.82, 2.24) is 0 Å². The summed E-state index contributed by atoms with van der Waals surface area (Å²) < 4.78 is 0. The van der Waals surface area contributed by atoms with E-state index in [1.807, 2.05) is 12.2 Å². The Labute approximate surface area is 57.6 Å². The first-order valence-electron chi connectivity index (χ1n) is 3.16. The molecule has 0 aromatic carbocycles. The van der Waals surface area contributed by atoms with Gasteiger partial charge in [0.1, 0.15) is 0 Å². The average Bonchev–Trinajstić information content (AvgIpc) is 1.82. The number of hydrogen-bond donors (Lipinski definition) is 0. The van der Waals surface area contributed by atoms with Crippen molar-refractivity contribution in [3.05, 3.63) is 37.0 Å². The van der Waals surface area contributed by atoms with Crippen LogP contribution >= 0.6 is 0 Å². The Hall–Kier alpha value is -0.780. The lowest BCUT2D eigenvalue weighted by Gasteiger charge is -2.00. The molecule has 0 saturated heterocycles. The van der Waals surface area contributed by atoms with E-state index < -0.39 is 0 Å². The topological polar surface area (TPSA) is 0 Å². The molecule has 0 aromatic heterocycles. The molecule has 0 aliphatic rings. The normalized spacial score (nSPS) is 10.6. The molecule has 0 rings (SSSR count). The van der Waals surface area contributed by atoms with Crippen molar-refractivity contribution in [2.45, 2.75) is 13.8 Å². The van der Waals surface area contributed by atoms with Crippen LogP contribution in [0.1, 0.15) is 13.8 Å². The van der Waals surface area contributed by atoms with Gasteiger partial charge in [0.25, 0.3) is 0 Å². The number of rotatable bonds is 3. The van der Waals surface area contributed by atoms with E-state index in [-0.39, 0.29) is 0 Å². The monoisotopic (exact) mass is 122 g/mol. The summed E-state index contributed by atoms with van der Waals surface area (Å²) in [4.78, 5) is 0. The summed E-state index contributed by atoms with van der Waals surface area (Å²) in [5.41, 5.74) is 1.15. The lowest BCUT2D eigenvalue weighted by atomic mass is 10.1. The minimum Gasteiger partial charge on any atom is -0.0991 e. The van der Waals surface area contributed by atoms with Gasteiger partial charge in [0.05, 0.1) is 0 Å². The highest BCUT2D eigenvalue weighted by Crippen LogP contribution is 2.06. The fourth-order valence-electron chi connectivity index (χ4n) is 0.384. The first-order chi connectivity index (χ1) is 4.18. The van der Waals surface area contributed by atoms with Gasteiger partial charge in [0, 0.05) is 0 Å². The van der Waals surface area contributed by atoms with E-state index in [2.05, 4.69) is 27.0 Å². The molecule has 0 heteroatoms. The molecule has 0 atom stereocenters. The molecule has 0 radical (unpaired) electrons. The standard InChI is InChI=1S/C9H14/c1-5-6-7-9(4)8(2)3/h5-8H,1,4H2,2-3H3/b7-6-. The molecule has 50 valence electrons. The van der Waals surface area contributed by atoms with Gasteiger partial charge >= 0.3 is 0 Å². The second-order valence-corrected chi connectivity index (χ2v) is 2.32. The van der Waals surface area contributed by atoms with Crippen LogP contribution in [0.25, 0.3) is 0 Å². The van der Waals surface area contributed by atoms with Crippen LogP contribution in [0.5, 0.6) is 0 Å². The van der Waals surface area contributed by atoms with E-state index in [0.717, 1.165) is 5.57 Å². The van der Waals surface area contributed by atoms with E-state index in [4.69, 9.17) is 0 Å². The molecule has 0 nitrogen and oxygen atoms in total. The predicted octanol–water partition coefficient (Wildman–Crippen LogP) is 2.94. The van der Waals surface area contributed by atoms with E-state index in [0.29, 0.717) is 5.92 Å². The van der Waals surface area contributed by atoms with Crippen LogP contribution in [0.2, 0.25) is 0 Å². The molecule has 0 aromatic rings. The maximum Gasteiger partial charge on any atom is -0.0225 e.